The number of anilines is 1. The van der Waals surface area contributed by atoms with Gasteiger partial charge in [-0.25, -0.2) is 4.79 Å². The molecular weight excluding hydrogens is 260 g/mol. The topological polar surface area (TPSA) is 78.9 Å². The van der Waals surface area contributed by atoms with E-state index in [-0.39, 0.29) is 13.1 Å². The minimum absolute atomic E-state index is 0.160. The van der Waals surface area contributed by atoms with Crippen LogP contribution in [-0.4, -0.2) is 42.2 Å². The summed E-state index contributed by atoms with van der Waals surface area (Å²) in [6, 6.07) is 4.69. The van der Waals surface area contributed by atoms with Crippen LogP contribution in [0.1, 0.15) is 5.56 Å². The van der Waals surface area contributed by atoms with E-state index in [0.717, 1.165) is 16.2 Å². The van der Waals surface area contributed by atoms with Gasteiger partial charge in [0.15, 0.2) is 0 Å². The van der Waals surface area contributed by atoms with Crippen molar-refractivity contribution in [3.05, 3.63) is 36.4 Å². The van der Waals surface area contributed by atoms with Crippen molar-refractivity contribution < 1.29 is 19.4 Å². The van der Waals surface area contributed by atoms with Crippen LogP contribution in [0, 0.1) is 6.92 Å². The number of carboxylic acids is 1. The molecule has 0 aromatic heterocycles. The van der Waals surface area contributed by atoms with E-state index >= 15 is 0 Å². The zero-order chi connectivity index (χ0) is 15.1. The summed E-state index contributed by atoms with van der Waals surface area (Å²) in [5.74, 6) is -0.357. The van der Waals surface area contributed by atoms with E-state index in [2.05, 4.69) is 11.9 Å². The van der Waals surface area contributed by atoms with Crippen LogP contribution in [0.25, 0.3) is 0 Å². The normalized spacial score (nSPS) is 9.70. The molecule has 0 aliphatic carbocycles. The maximum Gasteiger partial charge on any atom is 0.323 e. The number of carbonyl (C=O) groups is 2. The minimum atomic E-state index is -1.08. The van der Waals surface area contributed by atoms with Gasteiger partial charge in [-0.1, -0.05) is 6.08 Å². The second kappa shape index (κ2) is 7.18. The number of amides is 2. The summed E-state index contributed by atoms with van der Waals surface area (Å²) >= 11 is 0. The molecule has 2 N–H and O–H groups in total. The predicted octanol–water partition coefficient (Wildman–Crippen LogP) is 2.11. The second-order valence-electron chi connectivity index (χ2n) is 4.18. The minimum Gasteiger partial charge on any atom is -0.496 e. The highest BCUT2D eigenvalue weighted by atomic mass is 16.5. The third-order valence-electron chi connectivity index (χ3n) is 2.61. The van der Waals surface area contributed by atoms with E-state index in [1.165, 1.54) is 6.08 Å². The lowest BCUT2D eigenvalue weighted by Gasteiger charge is -2.19. The SMILES string of the molecule is C=CCN(CC(=O)O)C(=O)Nc1ccc(OC)c(C)c1. The summed E-state index contributed by atoms with van der Waals surface area (Å²) < 4.78 is 5.13. The highest BCUT2D eigenvalue weighted by Gasteiger charge is 2.15. The van der Waals surface area contributed by atoms with Gasteiger partial charge in [0.1, 0.15) is 12.3 Å². The number of carboxylic acid groups (broad SMARTS) is 1. The molecule has 2 amide bonds. The number of hydrogen-bond donors (Lipinski definition) is 2. The lowest BCUT2D eigenvalue weighted by molar-refractivity contribution is -0.137. The first-order valence-corrected chi connectivity index (χ1v) is 6.01. The van der Waals surface area contributed by atoms with E-state index in [9.17, 15) is 9.59 Å². The van der Waals surface area contributed by atoms with Crippen molar-refractivity contribution in [2.24, 2.45) is 0 Å². The molecule has 0 radical (unpaired) electrons. The highest BCUT2D eigenvalue weighted by Crippen LogP contribution is 2.21. The number of methoxy groups -OCH3 is 1. The molecule has 0 saturated carbocycles. The number of aliphatic carboxylic acids is 1. The van der Waals surface area contributed by atoms with E-state index in [4.69, 9.17) is 9.84 Å². The lowest BCUT2D eigenvalue weighted by atomic mass is 10.2. The van der Waals surface area contributed by atoms with Crippen LogP contribution in [0.4, 0.5) is 10.5 Å². The number of urea groups is 1. The van der Waals surface area contributed by atoms with Crippen LogP contribution in [0.15, 0.2) is 30.9 Å². The van der Waals surface area contributed by atoms with Gasteiger partial charge in [-0.3, -0.25) is 4.79 Å². The summed E-state index contributed by atoms with van der Waals surface area (Å²) in [7, 11) is 1.57. The van der Waals surface area contributed by atoms with Crippen molar-refractivity contribution >= 4 is 17.7 Å². The first kappa shape index (κ1) is 15.6. The van der Waals surface area contributed by atoms with Gasteiger partial charge in [0.2, 0.25) is 0 Å². The largest absolute Gasteiger partial charge is 0.496 e. The summed E-state index contributed by atoms with van der Waals surface area (Å²) in [4.78, 5) is 23.8. The Labute approximate surface area is 117 Å². The van der Waals surface area contributed by atoms with E-state index in [0.29, 0.717) is 5.69 Å². The van der Waals surface area contributed by atoms with Crippen LogP contribution < -0.4 is 10.1 Å². The number of aryl methyl sites for hydroxylation is 1. The highest BCUT2D eigenvalue weighted by molar-refractivity contribution is 5.91. The number of ether oxygens (including phenoxy) is 1. The van der Waals surface area contributed by atoms with Gasteiger partial charge in [0.25, 0.3) is 0 Å². The van der Waals surface area contributed by atoms with Crippen molar-refractivity contribution in [2.75, 3.05) is 25.5 Å². The Morgan fingerprint density at radius 3 is 2.70 bits per heavy atom. The summed E-state index contributed by atoms with van der Waals surface area (Å²) in [6.45, 7) is 5.14. The summed E-state index contributed by atoms with van der Waals surface area (Å²) in [5, 5.41) is 11.4. The van der Waals surface area contributed by atoms with Gasteiger partial charge >= 0.3 is 12.0 Å². The van der Waals surface area contributed by atoms with Crippen molar-refractivity contribution in [3.8, 4) is 5.75 Å². The fraction of sp³-hybridized carbons (Fsp3) is 0.286. The first-order valence-electron chi connectivity index (χ1n) is 6.01. The summed E-state index contributed by atoms with van der Waals surface area (Å²) in [6.07, 6.45) is 1.47. The molecule has 0 aliphatic heterocycles. The number of hydrogen-bond acceptors (Lipinski definition) is 3. The molecule has 0 heterocycles. The molecule has 0 unspecified atom stereocenters. The van der Waals surface area contributed by atoms with Gasteiger partial charge < -0.3 is 20.1 Å². The molecular formula is C14H18N2O4. The molecule has 108 valence electrons. The monoisotopic (exact) mass is 278 g/mol. The Morgan fingerprint density at radius 1 is 1.50 bits per heavy atom. The van der Waals surface area contributed by atoms with Gasteiger partial charge in [0.05, 0.1) is 7.11 Å². The third-order valence-corrected chi connectivity index (χ3v) is 2.61. The molecule has 6 nitrogen and oxygen atoms in total. The molecule has 1 rings (SSSR count). The van der Waals surface area contributed by atoms with Gasteiger partial charge in [-0.2, -0.15) is 0 Å². The van der Waals surface area contributed by atoms with Gasteiger partial charge in [0, 0.05) is 12.2 Å². The quantitative estimate of drug-likeness (QED) is 0.781. The number of carbonyl (C=O) groups excluding carboxylic acids is 1. The zero-order valence-electron chi connectivity index (χ0n) is 11.5. The second-order valence-corrected chi connectivity index (χ2v) is 4.18. The Morgan fingerprint density at radius 2 is 2.20 bits per heavy atom. The van der Waals surface area contributed by atoms with Gasteiger partial charge in [-0.15, -0.1) is 6.58 Å². The lowest BCUT2D eigenvalue weighted by Crippen LogP contribution is -2.38. The van der Waals surface area contributed by atoms with E-state index < -0.39 is 12.0 Å². The molecule has 1 aromatic carbocycles. The average Bonchev–Trinajstić information content (AvgIpc) is 2.38. The van der Waals surface area contributed by atoms with Crippen molar-refractivity contribution in [2.45, 2.75) is 6.92 Å². The Hall–Kier alpha value is -2.50. The number of rotatable bonds is 6. The molecule has 0 aliphatic rings. The number of benzene rings is 1. The molecule has 0 saturated heterocycles. The van der Waals surface area contributed by atoms with Gasteiger partial charge in [-0.05, 0) is 30.7 Å². The van der Waals surface area contributed by atoms with Crippen molar-refractivity contribution in [1.29, 1.82) is 0 Å². The van der Waals surface area contributed by atoms with E-state index in [1.54, 1.807) is 25.3 Å². The van der Waals surface area contributed by atoms with Crippen LogP contribution in [0.2, 0.25) is 0 Å². The number of nitrogens with zero attached hydrogens (tertiary/aromatic N) is 1. The maximum atomic E-state index is 12.0. The Bertz CT molecular complexity index is 514. The average molecular weight is 278 g/mol. The fourth-order valence-electron chi connectivity index (χ4n) is 1.70. The standard InChI is InChI=1S/C14H18N2O4/c1-4-7-16(9-13(17)18)14(19)15-11-5-6-12(20-3)10(2)8-11/h4-6,8H,1,7,9H2,2-3H3,(H,15,19)(H,17,18). The molecule has 1 aromatic rings. The van der Waals surface area contributed by atoms with Crippen LogP contribution in [-0.2, 0) is 4.79 Å². The van der Waals surface area contributed by atoms with Crippen LogP contribution in [0.3, 0.4) is 0 Å². The predicted molar refractivity (Wildman–Crippen MR) is 76.2 cm³/mol. The molecule has 0 atom stereocenters. The van der Waals surface area contributed by atoms with E-state index in [1.807, 2.05) is 6.92 Å². The molecule has 6 heteroatoms. The maximum absolute atomic E-state index is 12.0. The Balaban J connectivity index is 2.79. The Kier molecular flexibility index (Phi) is 5.58. The fourth-order valence-corrected chi connectivity index (χ4v) is 1.70. The van der Waals surface area contributed by atoms with Crippen LogP contribution in [0.5, 0.6) is 5.75 Å². The molecule has 0 fully saturated rings. The molecule has 20 heavy (non-hydrogen) atoms. The van der Waals surface area contributed by atoms with Crippen LogP contribution >= 0.6 is 0 Å². The summed E-state index contributed by atoms with van der Waals surface area (Å²) in [5.41, 5.74) is 1.45. The van der Waals surface area contributed by atoms with Crippen molar-refractivity contribution in [1.82, 2.24) is 4.90 Å². The number of nitrogens with one attached hydrogen (secondary N) is 1. The van der Waals surface area contributed by atoms with Crippen molar-refractivity contribution in [3.63, 3.8) is 0 Å². The molecule has 0 spiro atoms. The smallest absolute Gasteiger partial charge is 0.323 e. The first-order chi connectivity index (χ1) is 9.47. The zero-order valence-corrected chi connectivity index (χ0v) is 11.5. The molecule has 0 bridgehead atoms. The third kappa shape index (κ3) is 4.31.